The Morgan fingerprint density at radius 3 is 2.54 bits per heavy atom. The first kappa shape index (κ1) is 20.2. The smallest absolute Gasteiger partial charge is 0.416 e. The van der Waals surface area contributed by atoms with E-state index in [1.807, 2.05) is 6.07 Å². The summed E-state index contributed by atoms with van der Waals surface area (Å²) in [5.41, 5.74) is 0.455. The van der Waals surface area contributed by atoms with Crippen LogP contribution in [0.2, 0.25) is 0 Å². The maximum Gasteiger partial charge on any atom is 0.416 e. The van der Waals surface area contributed by atoms with Crippen molar-refractivity contribution in [3.63, 3.8) is 0 Å². The minimum atomic E-state index is -4.41. The third kappa shape index (κ3) is 4.65. The molecule has 2 aromatic carbocycles. The molecule has 1 heterocycles. The number of aromatic hydroxyl groups is 1. The van der Waals surface area contributed by atoms with Crippen molar-refractivity contribution in [2.45, 2.75) is 25.6 Å². The Bertz CT molecular complexity index is 834. The number of benzene rings is 2. The first-order chi connectivity index (χ1) is 13.3. The Morgan fingerprint density at radius 1 is 1.21 bits per heavy atom. The molecule has 1 N–H and O–H groups in total. The van der Waals surface area contributed by atoms with E-state index in [4.69, 9.17) is 4.74 Å². The molecule has 2 aromatic rings. The molecule has 0 spiro atoms. The first-order valence-corrected chi connectivity index (χ1v) is 9.07. The second kappa shape index (κ2) is 8.22. The van der Waals surface area contributed by atoms with E-state index in [1.54, 1.807) is 12.1 Å². The molecule has 1 fully saturated rings. The number of phenols is 1. The topological polar surface area (TPSA) is 49.8 Å². The fourth-order valence-electron chi connectivity index (χ4n) is 3.56. The van der Waals surface area contributed by atoms with Crippen LogP contribution in [-0.2, 0) is 12.7 Å². The fraction of sp³-hybridized carbons (Fsp3) is 0.381. The highest BCUT2D eigenvalue weighted by molar-refractivity contribution is 5.98. The normalized spacial score (nSPS) is 18.1. The number of halogens is 3. The molecule has 0 amide bonds. The van der Waals surface area contributed by atoms with Crippen LogP contribution in [0.4, 0.5) is 13.2 Å². The van der Waals surface area contributed by atoms with Gasteiger partial charge in [-0.05, 0) is 49.2 Å². The summed E-state index contributed by atoms with van der Waals surface area (Å²) in [6.45, 7) is 1.94. The molecule has 28 heavy (non-hydrogen) atoms. The molecular formula is C21H22F3NO3. The highest BCUT2D eigenvalue weighted by atomic mass is 19.4. The highest BCUT2D eigenvalue weighted by Gasteiger charge is 2.31. The number of methoxy groups -OCH3 is 1. The van der Waals surface area contributed by atoms with Gasteiger partial charge in [-0.3, -0.25) is 9.69 Å². The lowest BCUT2D eigenvalue weighted by Gasteiger charge is -2.32. The van der Waals surface area contributed by atoms with E-state index in [1.165, 1.54) is 19.2 Å². The Morgan fingerprint density at radius 2 is 1.93 bits per heavy atom. The number of likely N-dealkylation sites (tertiary alicyclic amines) is 1. The van der Waals surface area contributed by atoms with E-state index >= 15 is 0 Å². The van der Waals surface area contributed by atoms with Gasteiger partial charge in [-0.25, -0.2) is 0 Å². The van der Waals surface area contributed by atoms with Crippen LogP contribution < -0.4 is 4.74 Å². The van der Waals surface area contributed by atoms with Gasteiger partial charge in [0.25, 0.3) is 0 Å². The highest BCUT2D eigenvalue weighted by Crippen LogP contribution is 2.31. The van der Waals surface area contributed by atoms with Gasteiger partial charge >= 0.3 is 6.18 Å². The lowest BCUT2D eigenvalue weighted by molar-refractivity contribution is -0.137. The predicted molar refractivity (Wildman–Crippen MR) is 98.4 cm³/mol. The molecule has 7 heteroatoms. The van der Waals surface area contributed by atoms with Crippen molar-refractivity contribution in [1.29, 1.82) is 0 Å². The number of alkyl halides is 3. The number of nitrogens with zero attached hydrogens (tertiary/aromatic N) is 1. The molecule has 3 rings (SSSR count). The predicted octanol–water partition coefficient (Wildman–Crippen LogP) is 4.51. The number of hydrogen-bond donors (Lipinski definition) is 1. The van der Waals surface area contributed by atoms with Crippen LogP contribution in [0.25, 0.3) is 0 Å². The maximum absolute atomic E-state index is 12.7. The van der Waals surface area contributed by atoms with Crippen molar-refractivity contribution in [1.82, 2.24) is 4.90 Å². The second-order valence-electron chi connectivity index (χ2n) is 7.02. The van der Waals surface area contributed by atoms with Gasteiger partial charge in [-0.1, -0.05) is 18.2 Å². The number of carbonyl (C=O) groups excluding carboxylic acids is 1. The molecule has 0 bridgehead atoms. The molecule has 1 atom stereocenters. The standard InChI is InChI=1S/C21H22F3NO3/c1-28-19-9-4-14(11-18(19)26)12-25-10-2-3-16(13-25)20(27)15-5-7-17(8-6-15)21(22,23)24/h4-9,11,16,26H,2-3,10,12-13H2,1H3/t16-/m1/s1. The number of ether oxygens (including phenoxy) is 1. The Kier molecular flexibility index (Phi) is 5.93. The van der Waals surface area contributed by atoms with E-state index < -0.39 is 11.7 Å². The summed E-state index contributed by atoms with van der Waals surface area (Å²) < 4.78 is 43.1. The van der Waals surface area contributed by atoms with E-state index in [9.17, 15) is 23.1 Å². The van der Waals surface area contributed by atoms with Gasteiger partial charge in [0, 0.05) is 24.6 Å². The molecule has 1 saturated heterocycles. The number of carbonyl (C=O) groups is 1. The minimum absolute atomic E-state index is 0.0643. The van der Waals surface area contributed by atoms with E-state index in [0.717, 1.165) is 30.7 Å². The van der Waals surface area contributed by atoms with Gasteiger partial charge in [0.1, 0.15) is 0 Å². The second-order valence-corrected chi connectivity index (χ2v) is 7.02. The van der Waals surface area contributed by atoms with Crippen molar-refractivity contribution in [3.05, 3.63) is 59.2 Å². The van der Waals surface area contributed by atoms with Crippen molar-refractivity contribution < 1.29 is 27.8 Å². The zero-order valence-corrected chi connectivity index (χ0v) is 15.5. The van der Waals surface area contributed by atoms with Gasteiger partial charge in [0.15, 0.2) is 17.3 Å². The Balaban J connectivity index is 1.65. The largest absolute Gasteiger partial charge is 0.504 e. The summed E-state index contributed by atoms with van der Waals surface area (Å²) in [4.78, 5) is 14.9. The number of rotatable bonds is 5. The Labute approximate surface area is 161 Å². The summed E-state index contributed by atoms with van der Waals surface area (Å²) in [6, 6.07) is 9.61. The molecule has 0 radical (unpaired) electrons. The van der Waals surface area contributed by atoms with Gasteiger partial charge in [-0.15, -0.1) is 0 Å². The summed E-state index contributed by atoms with van der Waals surface area (Å²) in [6.07, 6.45) is -2.86. The molecular weight excluding hydrogens is 371 g/mol. The number of ketones is 1. The molecule has 1 aliphatic heterocycles. The average molecular weight is 393 g/mol. The zero-order chi connectivity index (χ0) is 20.3. The SMILES string of the molecule is COc1ccc(CN2CCC[C@@H](C(=O)c3ccc(C(F)(F)F)cc3)C2)cc1O. The van der Waals surface area contributed by atoms with Gasteiger partial charge in [-0.2, -0.15) is 13.2 Å². The molecule has 150 valence electrons. The number of hydrogen-bond acceptors (Lipinski definition) is 4. The molecule has 0 aliphatic carbocycles. The quantitative estimate of drug-likeness (QED) is 0.759. The molecule has 0 aromatic heterocycles. The number of Topliss-reactive ketones (excluding diaryl/α,β-unsaturated/α-hetero) is 1. The van der Waals surface area contributed by atoms with Crippen LogP contribution in [0.1, 0.15) is 34.3 Å². The molecule has 1 aliphatic rings. The van der Waals surface area contributed by atoms with Crippen LogP contribution >= 0.6 is 0 Å². The van der Waals surface area contributed by atoms with Crippen molar-refractivity contribution in [2.24, 2.45) is 5.92 Å². The Hall–Kier alpha value is -2.54. The molecule has 0 saturated carbocycles. The van der Waals surface area contributed by atoms with E-state index in [0.29, 0.717) is 30.8 Å². The third-order valence-electron chi connectivity index (χ3n) is 5.02. The number of piperidine rings is 1. The first-order valence-electron chi connectivity index (χ1n) is 9.07. The van der Waals surface area contributed by atoms with Gasteiger partial charge in [0.05, 0.1) is 12.7 Å². The van der Waals surface area contributed by atoms with Crippen LogP contribution in [0, 0.1) is 5.92 Å². The van der Waals surface area contributed by atoms with E-state index in [-0.39, 0.29) is 17.5 Å². The lowest BCUT2D eigenvalue weighted by Crippen LogP contribution is -2.38. The number of phenolic OH excluding ortho intramolecular Hbond substituents is 1. The van der Waals surface area contributed by atoms with Crippen molar-refractivity contribution >= 4 is 5.78 Å². The van der Waals surface area contributed by atoms with Gasteiger partial charge in [0.2, 0.25) is 0 Å². The average Bonchev–Trinajstić information content (AvgIpc) is 2.67. The van der Waals surface area contributed by atoms with Crippen LogP contribution in [-0.4, -0.2) is 36.0 Å². The van der Waals surface area contributed by atoms with Crippen LogP contribution in [0.5, 0.6) is 11.5 Å². The fourth-order valence-corrected chi connectivity index (χ4v) is 3.56. The maximum atomic E-state index is 12.7. The third-order valence-corrected chi connectivity index (χ3v) is 5.02. The summed E-state index contributed by atoms with van der Waals surface area (Å²) in [5.74, 6) is 0.0838. The van der Waals surface area contributed by atoms with Gasteiger partial charge < -0.3 is 9.84 Å². The summed E-state index contributed by atoms with van der Waals surface area (Å²) >= 11 is 0. The zero-order valence-electron chi connectivity index (χ0n) is 15.5. The molecule has 4 nitrogen and oxygen atoms in total. The summed E-state index contributed by atoms with van der Waals surface area (Å²) in [5, 5.41) is 9.91. The van der Waals surface area contributed by atoms with Crippen LogP contribution in [0.3, 0.4) is 0 Å². The minimum Gasteiger partial charge on any atom is -0.504 e. The van der Waals surface area contributed by atoms with Crippen LogP contribution in [0.15, 0.2) is 42.5 Å². The monoisotopic (exact) mass is 393 g/mol. The van der Waals surface area contributed by atoms with E-state index in [2.05, 4.69) is 4.90 Å². The van der Waals surface area contributed by atoms with Crippen molar-refractivity contribution in [3.8, 4) is 11.5 Å². The molecule has 0 unspecified atom stereocenters. The lowest BCUT2D eigenvalue weighted by atomic mass is 9.89. The van der Waals surface area contributed by atoms with Crippen molar-refractivity contribution in [2.75, 3.05) is 20.2 Å². The summed E-state index contributed by atoms with van der Waals surface area (Å²) in [7, 11) is 1.48.